The van der Waals surface area contributed by atoms with Crippen molar-refractivity contribution in [3.63, 3.8) is 0 Å². The van der Waals surface area contributed by atoms with Crippen LogP contribution in [-0.4, -0.2) is 6.79 Å². The number of nitrogens with two attached hydrogens (primary N) is 1. The minimum absolute atomic E-state index is 0.0875. The lowest BCUT2D eigenvalue weighted by atomic mass is 10.1. The van der Waals surface area contributed by atoms with Gasteiger partial charge in [-0.2, -0.15) is 0 Å². The largest absolute Gasteiger partial charge is 0.488 e. The molecule has 1 aliphatic heterocycles. The number of rotatable bonds is 4. The summed E-state index contributed by atoms with van der Waals surface area (Å²) in [6.45, 7) is 0.701. The number of ether oxygens (including phenoxy) is 3. The maximum Gasteiger partial charge on any atom is 0.231 e. The molecule has 1 aliphatic rings. The molecule has 0 fully saturated rings. The highest BCUT2D eigenvalue weighted by Gasteiger charge is 2.17. The third kappa shape index (κ3) is 2.89. The molecule has 0 amide bonds. The van der Waals surface area contributed by atoms with Gasteiger partial charge in [0.05, 0.1) is 5.02 Å². The Morgan fingerprint density at radius 1 is 1.19 bits per heavy atom. The van der Waals surface area contributed by atoms with Crippen LogP contribution in [0.25, 0.3) is 0 Å². The highest BCUT2D eigenvalue weighted by molar-refractivity contribution is 6.30. The molecule has 0 saturated carbocycles. The molecule has 0 aromatic heterocycles. The van der Waals surface area contributed by atoms with E-state index in [0.29, 0.717) is 29.4 Å². The first-order valence-corrected chi connectivity index (χ1v) is 6.74. The van der Waals surface area contributed by atoms with Gasteiger partial charge in [-0.25, -0.2) is 4.39 Å². The molecule has 0 radical (unpaired) electrons. The molecule has 4 nitrogen and oxygen atoms in total. The van der Waals surface area contributed by atoms with Crippen LogP contribution in [0.5, 0.6) is 17.2 Å². The molecule has 6 heteroatoms. The lowest BCUT2D eigenvalue weighted by Crippen LogP contribution is -2.03. The molecule has 2 N–H and O–H groups in total. The summed E-state index contributed by atoms with van der Waals surface area (Å²) in [5.74, 6) is 1.39. The molecule has 2 aromatic carbocycles. The molecule has 110 valence electrons. The van der Waals surface area contributed by atoms with Crippen molar-refractivity contribution in [3.05, 3.63) is 52.3 Å². The Hall–Kier alpha value is -1.98. The summed E-state index contributed by atoms with van der Waals surface area (Å²) in [4.78, 5) is 0. The van der Waals surface area contributed by atoms with E-state index in [-0.39, 0.29) is 18.4 Å². The lowest BCUT2D eigenvalue weighted by molar-refractivity contribution is 0.173. The van der Waals surface area contributed by atoms with E-state index in [2.05, 4.69) is 0 Å². The fourth-order valence-electron chi connectivity index (χ4n) is 2.05. The fourth-order valence-corrected chi connectivity index (χ4v) is 2.17. The first-order chi connectivity index (χ1) is 10.2. The van der Waals surface area contributed by atoms with Gasteiger partial charge in [-0.1, -0.05) is 17.7 Å². The van der Waals surface area contributed by atoms with Crippen molar-refractivity contribution in [2.45, 2.75) is 13.2 Å². The highest BCUT2D eigenvalue weighted by Crippen LogP contribution is 2.38. The van der Waals surface area contributed by atoms with E-state index in [1.165, 1.54) is 12.1 Å². The predicted molar refractivity (Wildman–Crippen MR) is 76.2 cm³/mol. The second-order valence-corrected chi connectivity index (χ2v) is 4.96. The average molecular weight is 310 g/mol. The summed E-state index contributed by atoms with van der Waals surface area (Å²) >= 11 is 5.65. The monoisotopic (exact) mass is 309 g/mol. The van der Waals surface area contributed by atoms with E-state index in [1.807, 2.05) is 0 Å². The third-order valence-electron chi connectivity index (χ3n) is 3.15. The van der Waals surface area contributed by atoms with Crippen molar-refractivity contribution in [2.75, 3.05) is 6.79 Å². The average Bonchev–Trinajstić information content (AvgIpc) is 2.94. The molecule has 2 aromatic rings. The summed E-state index contributed by atoms with van der Waals surface area (Å²) in [6.07, 6.45) is 0. The molecule has 0 aliphatic carbocycles. The van der Waals surface area contributed by atoms with E-state index >= 15 is 0 Å². The van der Waals surface area contributed by atoms with Crippen molar-refractivity contribution >= 4 is 11.6 Å². The van der Waals surface area contributed by atoms with Crippen molar-refractivity contribution in [2.24, 2.45) is 5.73 Å². The van der Waals surface area contributed by atoms with Gasteiger partial charge in [0.15, 0.2) is 11.5 Å². The van der Waals surface area contributed by atoms with Gasteiger partial charge in [0.1, 0.15) is 18.2 Å². The molecule has 0 unspecified atom stereocenters. The van der Waals surface area contributed by atoms with Crippen molar-refractivity contribution in [1.29, 1.82) is 0 Å². The highest BCUT2D eigenvalue weighted by atomic mass is 35.5. The number of hydrogen-bond donors (Lipinski definition) is 1. The van der Waals surface area contributed by atoms with Gasteiger partial charge < -0.3 is 19.9 Å². The molecule has 3 rings (SSSR count). The Morgan fingerprint density at radius 2 is 1.95 bits per heavy atom. The molecular weight excluding hydrogens is 297 g/mol. The zero-order valence-electron chi connectivity index (χ0n) is 11.1. The summed E-state index contributed by atoms with van der Waals surface area (Å²) in [5.41, 5.74) is 7.18. The van der Waals surface area contributed by atoms with Gasteiger partial charge in [-0.15, -0.1) is 0 Å². The Balaban J connectivity index is 1.79. The molecule has 0 atom stereocenters. The maximum absolute atomic E-state index is 13.4. The van der Waals surface area contributed by atoms with Gasteiger partial charge in [-0.3, -0.25) is 0 Å². The number of fused-ring (bicyclic) bond motifs is 1. The third-order valence-corrected chi connectivity index (χ3v) is 3.46. The number of benzene rings is 2. The maximum atomic E-state index is 13.4. The first kappa shape index (κ1) is 14.0. The lowest BCUT2D eigenvalue weighted by Gasteiger charge is -2.12. The molecule has 1 heterocycles. The molecule has 21 heavy (non-hydrogen) atoms. The fraction of sp³-hybridized carbons (Fsp3) is 0.200. The predicted octanol–water partition coefficient (Wildman–Crippen LogP) is 3.25. The normalized spacial score (nSPS) is 12.5. The van der Waals surface area contributed by atoms with Crippen LogP contribution in [0, 0.1) is 5.82 Å². The molecule has 0 saturated heterocycles. The summed E-state index contributed by atoms with van der Waals surface area (Å²) in [5, 5.41) is 0.0875. The van der Waals surface area contributed by atoms with Crippen molar-refractivity contribution < 1.29 is 18.6 Å². The minimum Gasteiger partial charge on any atom is -0.488 e. The summed E-state index contributed by atoms with van der Waals surface area (Å²) in [6, 6.07) is 8.08. The molecular formula is C15H13ClFNO3. The Labute approximate surface area is 126 Å². The number of halogens is 2. The van der Waals surface area contributed by atoms with Gasteiger partial charge in [0.25, 0.3) is 0 Å². The Bertz CT molecular complexity index is 678. The number of hydrogen-bond acceptors (Lipinski definition) is 4. The van der Waals surface area contributed by atoms with Crippen LogP contribution in [0.1, 0.15) is 11.1 Å². The second-order valence-electron chi connectivity index (χ2n) is 4.55. The zero-order valence-corrected chi connectivity index (χ0v) is 11.8. The topological polar surface area (TPSA) is 53.7 Å². The zero-order chi connectivity index (χ0) is 14.8. The van der Waals surface area contributed by atoms with Crippen LogP contribution in [0.2, 0.25) is 5.02 Å². The summed E-state index contributed by atoms with van der Waals surface area (Å²) < 4.78 is 29.7. The quantitative estimate of drug-likeness (QED) is 0.942. The van der Waals surface area contributed by atoms with Crippen molar-refractivity contribution in [3.8, 4) is 17.2 Å². The van der Waals surface area contributed by atoms with Crippen LogP contribution >= 0.6 is 11.6 Å². The van der Waals surface area contributed by atoms with Crippen LogP contribution < -0.4 is 19.9 Å². The van der Waals surface area contributed by atoms with E-state index in [4.69, 9.17) is 31.5 Å². The minimum atomic E-state index is -0.470. The molecule has 0 spiro atoms. The Kier molecular flexibility index (Phi) is 3.86. The second kappa shape index (κ2) is 5.79. The van der Waals surface area contributed by atoms with Crippen LogP contribution in [0.3, 0.4) is 0 Å². The van der Waals surface area contributed by atoms with Crippen molar-refractivity contribution in [1.82, 2.24) is 0 Å². The van der Waals surface area contributed by atoms with Crippen LogP contribution in [0.4, 0.5) is 4.39 Å². The first-order valence-electron chi connectivity index (χ1n) is 6.36. The SMILES string of the molecule is NCc1cc2c(cc1OCc1ccc(Cl)c(F)c1)OCO2. The van der Waals surface area contributed by atoms with E-state index < -0.39 is 5.82 Å². The Morgan fingerprint density at radius 3 is 2.67 bits per heavy atom. The van der Waals surface area contributed by atoms with Gasteiger partial charge in [0, 0.05) is 18.2 Å². The van der Waals surface area contributed by atoms with Gasteiger partial charge in [-0.05, 0) is 23.8 Å². The van der Waals surface area contributed by atoms with E-state index in [0.717, 1.165) is 5.56 Å². The molecule has 0 bridgehead atoms. The van der Waals surface area contributed by atoms with Gasteiger partial charge >= 0.3 is 0 Å². The smallest absolute Gasteiger partial charge is 0.231 e. The van der Waals surface area contributed by atoms with E-state index in [9.17, 15) is 4.39 Å². The van der Waals surface area contributed by atoms with E-state index in [1.54, 1.807) is 18.2 Å². The standard InChI is InChI=1S/C15H13ClFNO3/c16-11-2-1-9(3-12(11)17)7-19-13-5-15-14(20-8-21-15)4-10(13)6-18/h1-5H,6-8,18H2. The van der Waals surface area contributed by atoms with Crippen LogP contribution in [0.15, 0.2) is 30.3 Å². The van der Waals surface area contributed by atoms with Gasteiger partial charge in [0.2, 0.25) is 6.79 Å². The summed E-state index contributed by atoms with van der Waals surface area (Å²) in [7, 11) is 0. The van der Waals surface area contributed by atoms with Crippen LogP contribution in [-0.2, 0) is 13.2 Å².